The Balaban J connectivity index is 2.21. The SMILES string of the molecule is Cc1cc(NC(=O)c2cccc(F)c2)sc1C(=O)N(CC(=O)O)C(C)C. The molecule has 0 bridgehead atoms. The van der Waals surface area contributed by atoms with Gasteiger partial charge in [0.2, 0.25) is 0 Å². The number of carbonyl (C=O) groups is 3. The van der Waals surface area contributed by atoms with Gasteiger partial charge in [-0.25, -0.2) is 4.39 Å². The van der Waals surface area contributed by atoms with E-state index in [9.17, 15) is 18.8 Å². The number of carboxylic acids is 1. The van der Waals surface area contributed by atoms with Crippen molar-refractivity contribution in [3.05, 3.63) is 52.2 Å². The minimum absolute atomic E-state index is 0.165. The molecule has 2 aromatic rings. The second-order valence-electron chi connectivity index (χ2n) is 6.01. The van der Waals surface area contributed by atoms with Gasteiger partial charge >= 0.3 is 5.97 Å². The van der Waals surface area contributed by atoms with E-state index in [1.54, 1.807) is 26.8 Å². The third kappa shape index (κ3) is 4.66. The zero-order valence-corrected chi connectivity index (χ0v) is 15.4. The predicted molar refractivity (Wildman–Crippen MR) is 97.2 cm³/mol. The summed E-state index contributed by atoms with van der Waals surface area (Å²) in [4.78, 5) is 37.5. The summed E-state index contributed by atoms with van der Waals surface area (Å²) in [5, 5.41) is 12.1. The molecular weight excluding hydrogens is 359 g/mol. The number of nitrogens with zero attached hydrogens (tertiary/aromatic N) is 1. The van der Waals surface area contributed by atoms with Crippen LogP contribution in [0.25, 0.3) is 0 Å². The van der Waals surface area contributed by atoms with Crippen LogP contribution >= 0.6 is 11.3 Å². The van der Waals surface area contributed by atoms with Crippen LogP contribution in [0.15, 0.2) is 30.3 Å². The van der Waals surface area contributed by atoms with Crippen LogP contribution in [-0.4, -0.2) is 40.4 Å². The highest BCUT2D eigenvalue weighted by Crippen LogP contribution is 2.29. The van der Waals surface area contributed by atoms with Crippen molar-refractivity contribution in [3.63, 3.8) is 0 Å². The van der Waals surface area contributed by atoms with Crippen LogP contribution < -0.4 is 5.32 Å². The standard InChI is InChI=1S/C18H19FN2O4S/c1-10(2)21(9-15(22)23)18(25)16-11(3)7-14(26-16)20-17(24)12-5-4-6-13(19)8-12/h4-8,10H,9H2,1-3H3,(H,20,24)(H,22,23). The smallest absolute Gasteiger partial charge is 0.323 e. The van der Waals surface area contributed by atoms with Gasteiger partial charge in [-0.3, -0.25) is 14.4 Å². The fourth-order valence-electron chi connectivity index (χ4n) is 2.33. The maximum absolute atomic E-state index is 13.2. The van der Waals surface area contributed by atoms with E-state index >= 15 is 0 Å². The average Bonchev–Trinajstić information content (AvgIpc) is 2.92. The molecule has 26 heavy (non-hydrogen) atoms. The Labute approximate surface area is 154 Å². The van der Waals surface area contributed by atoms with Gasteiger partial charge in [-0.2, -0.15) is 0 Å². The Morgan fingerprint density at radius 2 is 1.96 bits per heavy atom. The number of amides is 2. The lowest BCUT2D eigenvalue weighted by molar-refractivity contribution is -0.138. The first-order valence-electron chi connectivity index (χ1n) is 7.89. The molecule has 0 aliphatic rings. The Morgan fingerprint density at radius 3 is 2.54 bits per heavy atom. The molecule has 0 saturated carbocycles. The molecule has 2 rings (SSSR count). The van der Waals surface area contributed by atoms with E-state index in [4.69, 9.17) is 5.11 Å². The fraction of sp³-hybridized carbons (Fsp3) is 0.278. The molecule has 1 aromatic heterocycles. The van der Waals surface area contributed by atoms with Crippen LogP contribution in [0.4, 0.5) is 9.39 Å². The summed E-state index contributed by atoms with van der Waals surface area (Å²) >= 11 is 1.06. The number of aryl methyl sites for hydroxylation is 1. The number of nitrogens with one attached hydrogen (secondary N) is 1. The zero-order chi connectivity index (χ0) is 19.4. The van der Waals surface area contributed by atoms with Crippen LogP contribution in [0.1, 0.15) is 39.4 Å². The topological polar surface area (TPSA) is 86.7 Å². The van der Waals surface area contributed by atoms with Crippen LogP contribution in [0, 0.1) is 12.7 Å². The molecule has 0 aliphatic carbocycles. The molecule has 0 saturated heterocycles. The molecule has 2 N–H and O–H groups in total. The van der Waals surface area contributed by atoms with Crippen LogP contribution in [0.3, 0.4) is 0 Å². The third-order valence-electron chi connectivity index (χ3n) is 3.63. The lowest BCUT2D eigenvalue weighted by Gasteiger charge is -2.24. The quantitative estimate of drug-likeness (QED) is 0.807. The number of hydrogen-bond donors (Lipinski definition) is 2. The van der Waals surface area contributed by atoms with E-state index in [0.29, 0.717) is 15.4 Å². The number of thiophene rings is 1. The van der Waals surface area contributed by atoms with Crippen molar-refractivity contribution in [1.29, 1.82) is 0 Å². The molecule has 0 spiro atoms. The van der Waals surface area contributed by atoms with Crippen molar-refractivity contribution < 1.29 is 23.9 Å². The summed E-state index contributed by atoms with van der Waals surface area (Å²) in [6.45, 7) is 4.77. The average molecular weight is 378 g/mol. The van der Waals surface area contributed by atoms with Gasteiger partial charge in [0.05, 0.1) is 9.88 Å². The number of carbonyl (C=O) groups excluding carboxylic acids is 2. The van der Waals surface area contributed by atoms with E-state index in [-0.39, 0.29) is 11.6 Å². The van der Waals surface area contributed by atoms with Crippen molar-refractivity contribution in [1.82, 2.24) is 4.90 Å². The van der Waals surface area contributed by atoms with Gasteiger partial charge in [0.25, 0.3) is 11.8 Å². The molecular formula is C18H19FN2O4S. The van der Waals surface area contributed by atoms with Gasteiger partial charge < -0.3 is 15.3 Å². The minimum atomic E-state index is -1.10. The zero-order valence-electron chi connectivity index (χ0n) is 14.6. The van der Waals surface area contributed by atoms with Crippen LogP contribution in [0.5, 0.6) is 0 Å². The Morgan fingerprint density at radius 1 is 1.27 bits per heavy atom. The fourth-order valence-corrected chi connectivity index (χ4v) is 3.36. The first-order chi connectivity index (χ1) is 12.2. The molecule has 0 aliphatic heterocycles. The summed E-state index contributed by atoms with van der Waals surface area (Å²) in [7, 11) is 0. The van der Waals surface area contributed by atoms with E-state index < -0.39 is 30.1 Å². The maximum atomic E-state index is 13.2. The maximum Gasteiger partial charge on any atom is 0.323 e. The highest BCUT2D eigenvalue weighted by atomic mass is 32.1. The summed E-state index contributed by atoms with van der Waals surface area (Å²) in [5.41, 5.74) is 0.796. The normalized spacial score (nSPS) is 10.7. The first kappa shape index (κ1) is 19.6. The molecule has 0 fully saturated rings. The highest BCUT2D eigenvalue weighted by molar-refractivity contribution is 7.18. The molecule has 1 heterocycles. The molecule has 0 radical (unpaired) electrons. The van der Waals surface area contributed by atoms with Crippen molar-refractivity contribution in [3.8, 4) is 0 Å². The number of hydrogen-bond acceptors (Lipinski definition) is 4. The van der Waals surface area contributed by atoms with Gasteiger partial charge in [0.15, 0.2) is 0 Å². The molecule has 0 unspecified atom stereocenters. The lowest BCUT2D eigenvalue weighted by Crippen LogP contribution is -2.40. The van der Waals surface area contributed by atoms with Gasteiger partial charge in [-0.15, -0.1) is 11.3 Å². The van der Waals surface area contributed by atoms with E-state index in [0.717, 1.165) is 17.4 Å². The second kappa shape index (κ2) is 8.09. The first-order valence-corrected chi connectivity index (χ1v) is 8.70. The van der Waals surface area contributed by atoms with Crippen molar-refractivity contribution in [2.24, 2.45) is 0 Å². The van der Waals surface area contributed by atoms with Crippen LogP contribution in [-0.2, 0) is 4.79 Å². The number of halogens is 1. The molecule has 6 nitrogen and oxygen atoms in total. The highest BCUT2D eigenvalue weighted by Gasteiger charge is 2.25. The van der Waals surface area contributed by atoms with Crippen LogP contribution in [0.2, 0.25) is 0 Å². The monoisotopic (exact) mass is 378 g/mol. The van der Waals surface area contributed by atoms with E-state index in [1.807, 2.05) is 0 Å². The number of anilines is 1. The molecule has 1 aromatic carbocycles. The van der Waals surface area contributed by atoms with Crippen molar-refractivity contribution >= 4 is 34.1 Å². The summed E-state index contributed by atoms with van der Waals surface area (Å²) in [5.74, 6) is -2.51. The van der Waals surface area contributed by atoms with Gasteiger partial charge in [-0.1, -0.05) is 6.07 Å². The summed E-state index contributed by atoms with van der Waals surface area (Å²) in [6, 6.07) is 6.63. The minimum Gasteiger partial charge on any atom is -0.480 e. The van der Waals surface area contributed by atoms with Gasteiger partial charge in [0.1, 0.15) is 12.4 Å². The number of benzene rings is 1. The molecule has 2 amide bonds. The molecule has 0 atom stereocenters. The molecule has 8 heteroatoms. The second-order valence-corrected chi connectivity index (χ2v) is 7.06. The van der Waals surface area contributed by atoms with Crippen molar-refractivity contribution in [2.75, 3.05) is 11.9 Å². The summed E-state index contributed by atoms with van der Waals surface area (Å²) in [6.07, 6.45) is 0. The van der Waals surface area contributed by atoms with Gasteiger partial charge in [0, 0.05) is 11.6 Å². The Kier molecular flexibility index (Phi) is 6.10. The largest absolute Gasteiger partial charge is 0.480 e. The Hall–Kier alpha value is -2.74. The van der Waals surface area contributed by atoms with E-state index in [1.165, 1.54) is 23.1 Å². The Bertz CT molecular complexity index is 847. The van der Waals surface area contributed by atoms with Crippen molar-refractivity contribution in [2.45, 2.75) is 26.8 Å². The third-order valence-corrected chi connectivity index (χ3v) is 4.77. The summed E-state index contributed by atoms with van der Waals surface area (Å²) < 4.78 is 13.2. The lowest BCUT2D eigenvalue weighted by atomic mass is 10.2. The molecule has 138 valence electrons. The number of aliphatic carboxylic acids is 1. The number of rotatable bonds is 6. The number of carboxylic acid groups (broad SMARTS) is 1. The van der Waals surface area contributed by atoms with Gasteiger partial charge in [-0.05, 0) is 50.6 Å². The predicted octanol–water partition coefficient (Wildman–Crippen LogP) is 3.38. The van der Waals surface area contributed by atoms with E-state index in [2.05, 4.69) is 5.32 Å².